The number of benzene rings is 1. The molecule has 0 unspecified atom stereocenters. The summed E-state index contributed by atoms with van der Waals surface area (Å²) >= 11 is 0. The van der Waals surface area contributed by atoms with Crippen LogP contribution in [-0.2, 0) is 15.0 Å². The van der Waals surface area contributed by atoms with Crippen molar-refractivity contribution in [3.8, 4) is 0 Å². The maximum atomic E-state index is 10.7. The normalized spacial score (nSPS) is 9.56. The van der Waals surface area contributed by atoms with Gasteiger partial charge in [0, 0.05) is 0 Å². The largest absolute Gasteiger partial charge is 1.00 e. The zero-order chi connectivity index (χ0) is 10.8. The Morgan fingerprint density at radius 1 is 1.00 bits per heavy atom. The van der Waals surface area contributed by atoms with E-state index in [1.807, 2.05) is 0 Å². The molecule has 16 heavy (non-hydrogen) atoms. The molecule has 0 fully saturated rings. The monoisotopic (exact) mass is 270 g/mol. The van der Waals surface area contributed by atoms with Crippen molar-refractivity contribution in [2.24, 2.45) is 0 Å². The minimum Gasteiger partial charge on any atom is -0.549 e. The zero-order valence-corrected chi connectivity index (χ0v) is 15.8. The van der Waals surface area contributed by atoms with Crippen LogP contribution >= 0.6 is 0 Å². The quantitative estimate of drug-likeness (QED) is 0.404. The molecule has 0 N–H and O–H groups in total. The number of carbonyl (C=O) groups is 2. The summed E-state index contributed by atoms with van der Waals surface area (Å²) in [5.74, 6) is -3.35. The molecule has 0 aliphatic heterocycles. The van der Waals surface area contributed by atoms with Crippen molar-refractivity contribution in [2.45, 2.75) is 12.3 Å². The minimum atomic E-state index is -2.10. The van der Waals surface area contributed by atoms with Crippen LogP contribution in [0.3, 0.4) is 0 Å². The Labute approximate surface area is 179 Å². The van der Waals surface area contributed by atoms with E-state index < -0.39 is 17.4 Å². The minimum absolute atomic E-state index is 0. The molecule has 0 aliphatic carbocycles. The first kappa shape index (κ1) is 19.8. The van der Waals surface area contributed by atoms with Gasteiger partial charge in [-0.25, -0.2) is 0 Å². The van der Waals surface area contributed by atoms with Crippen molar-refractivity contribution in [3.05, 3.63) is 35.9 Å². The second-order valence-electron chi connectivity index (χ2n) is 3.07. The molecule has 4 nitrogen and oxygen atoms in total. The fraction of sp³-hybridized carbons (Fsp3) is 0.200. The summed E-state index contributed by atoms with van der Waals surface area (Å²) in [5, 5.41) is 21.5. The number of carboxylic acids is 2. The summed E-state index contributed by atoms with van der Waals surface area (Å²) in [6.07, 6.45) is 0. The van der Waals surface area contributed by atoms with E-state index in [2.05, 4.69) is 0 Å². The first-order valence-corrected chi connectivity index (χ1v) is 3.98. The molecule has 0 saturated heterocycles. The van der Waals surface area contributed by atoms with Crippen LogP contribution in [0.4, 0.5) is 0 Å². The van der Waals surface area contributed by atoms with Crippen LogP contribution in [0, 0.1) is 0 Å². The van der Waals surface area contributed by atoms with Crippen LogP contribution in [-0.4, -0.2) is 11.9 Å². The standard InChI is InChI=1S/C10H10O4.2K/c1-10(8(11)12,9(13)14)7-5-3-2-4-6-7;;/h2-6H,1H3,(H,11,12)(H,13,14);;/q;2*+1/p-2. The van der Waals surface area contributed by atoms with Crippen LogP contribution in [0.2, 0.25) is 0 Å². The molecular weight excluding hydrogens is 262 g/mol. The number of aliphatic carboxylic acids is 2. The van der Waals surface area contributed by atoms with E-state index in [0.29, 0.717) is 0 Å². The maximum absolute atomic E-state index is 10.7. The van der Waals surface area contributed by atoms with E-state index >= 15 is 0 Å². The third kappa shape index (κ3) is 4.27. The van der Waals surface area contributed by atoms with Gasteiger partial charge in [-0.3, -0.25) is 0 Å². The second-order valence-corrected chi connectivity index (χ2v) is 3.07. The number of carbonyl (C=O) groups excluding carboxylic acids is 2. The Kier molecular flexibility index (Phi) is 10.5. The molecule has 0 aromatic heterocycles. The van der Waals surface area contributed by atoms with Crippen molar-refractivity contribution in [1.29, 1.82) is 0 Å². The Morgan fingerprint density at radius 3 is 1.69 bits per heavy atom. The van der Waals surface area contributed by atoms with Gasteiger partial charge >= 0.3 is 103 Å². The predicted octanol–water partition coefficient (Wildman–Crippen LogP) is -7.55. The van der Waals surface area contributed by atoms with Crippen molar-refractivity contribution >= 4 is 11.9 Å². The van der Waals surface area contributed by atoms with Gasteiger partial charge in [-0.1, -0.05) is 30.3 Å². The SMILES string of the molecule is CC(C(=O)[O-])(C(=O)[O-])c1ccccc1.[K+].[K+]. The van der Waals surface area contributed by atoms with Crippen molar-refractivity contribution < 1.29 is 123 Å². The Bertz CT molecular complexity index is 350. The number of hydrogen-bond donors (Lipinski definition) is 0. The maximum Gasteiger partial charge on any atom is 1.00 e. The smallest absolute Gasteiger partial charge is 0.549 e. The van der Waals surface area contributed by atoms with Gasteiger partial charge in [0.1, 0.15) is 0 Å². The van der Waals surface area contributed by atoms with Gasteiger partial charge in [-0.15, -0.1) is 0 Å². The molecule has 0 bridgehead atoms. The van der Waals surface area contributed by atoms with Crippen LogP contribution in [0.5, 0.6) is 0 Å². The van der Waals surface area contributed by atoms with Gasteiger partial charge in [0.15, 0.2) is 0 Å². The molecule has 6 heteroatoms. The van der Waals surface area contributed by atoms with Crippen molar-refractivity contribution in [3.63, 3.8) is 0 Å². The second kappa shape index (κ2) is 8.52. The van der Waals surface area contributed by atoms with E-state index in [4.69, 9.17) is 0 Å². The van der Waals surface area contributed by atoms with Gasteiger partial charge in [0.25, 0.3) is 0 Å². The Balaban J connectivity index is 0. The molecular formula is C10H8K2O4. The van der Waals surface area contributed by atoms with E-state index in [1.54, 1.807) is 18.2 Å². The number of carboxylic acid groups (broad SMARTS) is 2. The molecule has 0 radical (unpaired) electrons. The van der Waals surface area contributed by atoms with Crippen molar-refractivity contribution in [1.82, 2.24) is 0 Å². The third-order valence-electron chi connectivity index (χ3n) is 2.17. The molecule has 1 aromatic rings. The fourth-order valence-electron chi connectivity index (χ4n) is 1.09. The van der Waals surface area contributed by atoms with Gasteiger partial charge in [-0.2, -0.15) is 0 Å². The van der Waals surface area contributed by atoms with Gasteiger partial charge < -0.3 is 19.8 Å². The molecule has 0 aliphatic rings. The first-order chi connectivity index (χ1) is 6.49. The van der Waals surface area contributed by atoms with Gasteiger partial charge in [0.2, 0.25) is 0 Å². The molecule has 1 aromatic carbocycles. The fourth-order valence-corrected chi connectivity index (χ4v) is 1.09. The number of hydrogen-bond acceptors (Lipinski definition) is 4. The summed E-state index contributed by atoms with van der Waals surface area (Å²) in [7, 11) is 0. The average Bonchev–Trinajstić information content (AvgIpc) is 2.17. The van der Waals surface area contributed by atoms with Crippen molar-refractivity contribution in [2.75, 3.05) is 0 Å². The Morgan fingerprint density at radius 2 is 1.38 bits per heavy atom. The molecule has 0 spiro atoms. The average molecular weight is 270 g/mol. The molecule has 1 rings (SSSR count). The molecule has 74 valence electrons. The Hall–Kier alpha value is 1.43. The number of rotatable bonds is 3. The first-order valence-electron chi connectivity index (χ1n) is 3.98. The molecule has 0 heterocycles. The van der Waals surface area contributed by atoms with Crippen LogP contribution in [0.25, 0.3) is 0 Å². The van der Waals surface area contributed by atoms with E-state index in [1.165, 1.54) is 12.1 Å². The summed E-state index contributed by atoms with van der Waals surface area (Å²) in [4.78, 5) is 21.5. The van der Waals surface area contributed by atoms with Crippen LogP contribution < -0.4 is 113 Å². The molecule has 0 saturated carbocycles. The van der Waals surface area contributed by atoms with E-state index in [0.717, 1.165) is 6.92 Å². The summed E-state index contributed by atoms with van der Waals surface area (Å²) in [6, 6.07) is 7.59. The topological polar surface area (TPSA) is 80.3 Å². The van der Waals surface area contributed by atoms with E-state index in [-0.39, 0.29) is 108 Å². The summed E-state index contributed by atoms with van der Waals surface area (Å²) in [6.45, 7) is 1.05. The van der Waals surface area contributed by atoms with Crippen LogP contribution in [0.15, 0.2) is 30.3 Å². The summed E-state index contributed by atoms with van der Waals surface area (Å²) in [5.41, 5.74) is -1.96. The van der Waals surface area contributed by atoms with Gasteiger partial charge in [0.05, 0.1) is 17.4 Å². The summed E-state index contributed by atoms with van der Waals surface area (Å²) < 4.78 is 0. The van der Waals surface area contributed by atoms with Crippen LogP contribution in [0.1, 0.15) is 12.5 Å². The third-order valence-corrected chi connectivity index (χ3v) is 2.17. The zero-order valence-electron chi connectivity index (χ0n) is 9.52. The predicted molar refractivity (Wildman–Crippen MR) is 43.8 cm³/mol. The molecule has 0 amide bonds. The van der Waals surface area contributed by atoms with E-state index in [9.17, 15) is 19.8 Å². The molecule has 0 atom stereocenters. The van der Waals surface area contributed by atoms with Gasteiger partial charge in [-0.05, 0) is 12.5 Å².